The molecular formula is C16H30N2O3. The van der Waals surface area contributed by atoms with Crippen molar-refractivity contribution in [3.05, 3.63) is 0 Å². The minimum Gasteiger partial charge on any atom is -0.481 e. The van der Waals surface area contributed by atoms with Gasteiger partial charge in [-0.1, -0.05) is 32.6 Å². The Balaban J connectivity index is 2.40. The molecule has 1 amide bonds. The van der Waals surface area contributed by atoms with Gasteiger partial charge in [0, 0.05) is 18.5 Å². The Morgan fingerprint density at radius 2 is 1.81 bits per heavy atom. The molecule has 5 heteroatoms. The number of carbonyl (C=O) groups is 2. The predicted octanol–water partition coefficient (Wildman–Crippen LogP) is 2.29. The van der Waals surface area contributed by atoms with E-state index in [1.165, 1.54) is 0 Å². The summed E-state index contributed by atoms with van der Waals surface area (Å²) < 4.78 is 0. The van der Waals surface area contributed by atoms with E-state index in [1.807, 2.05) is 13.8 Å². The van der Waals surface area contributed by atoms with Crippen molar-refractivity contribution in [2.75, 3.05) is 6.54 Å². The van der Waals surface area contributed by atoms with Crippen molar-refractivity contribution in [2.45, 2.75) is 71.3 Å². The quantitative estimate of drug-likeness (QED) is 0.641. The molecular weight excluding hydrogens is 268 g/mol. The lowest BCUT2D eigenvalue weighted by Gasteiger charge is -2.33. The highest BCUT2D eigenvalue weighted by Crippen LogP contribution is 2.36. The first-order valence-corrected chi connectivity index (χ1v) is 8.14. The molecule has 1 rings (SSSR count). The van der Waals surface area contributed by atoms with E-state index in [2.05, 4.69) is 5.32 Å². The first-order chi connectivity index (χ1) is 9.87. The van der Waals surface area contributed by atoms with E-state index in [0.717, 1.165) is 38.5 Å². The number of carboxylic acids is 1. The molecule has 21 heavy (non-hydrogen) atoms. The normalized spacial score (nSPS) is 20.5. The highest BCUT2D eigenvalue weighted by Gasteiger charge is 2.39. The highest BCUT2D eigenvalue weighted by atomic mass is 16.4. The number of carboxylic acid groups (broad SMARTS) is 1. The molecule has 0 aromatic heterocycles. The molecule has 122 valence electrons. The van der Waals surface area contributed by atoms with Crippen molar-refractivity contribution < 1.29 is 14.7 Å². The lowest BCUT2D eigenvalue weighted by atomic mass is 9.74. The zero-order valence-electron chi connectivity index (χ0n) is 13.4. The summed E-state index contributed by atoms with van der Waals surface area (Å²) in [5.41, 5.74) is 4.95. The van der Waals surface area contributed by atoms with Crippen molar-refractivity contribution >= 4 is 11.9 Å². The van der Waals surface area contributed by atoms with E-state index in [1.54, 1.807) is 0 Å². The topological polar surface area (TPSA) is 92.4 Å². The van der Waals surface area contributed by atoms with Gasteiger partial charge in [-0.15, -0.1) is 0 Å². The fourth-order valence-electron chi connectivity index (χ4n) is 3.00. The van der Waals surface area contributed by atoms with Gasteiger partial charge >= 0.3 is 5.97 Å². The molecule has 2 atom stereocenters. The van der Waals surface area contributed by atoms with Gasteiger partial charge in [0.25, 0.3) is 0 Å². The highest BCUT2D eigenvalue weighted by molar-refractivity contribution is 5.80. The SMILES string of the molecule is CC(N)CCCC(C)C(=O)NCC1(C(=O)O)CCCCC1. The smallest absolute Gasteiger partial charge is 0.311 e. The monoisotopic (exact) mass is 298 g/mol. The fourth-order valence-corrected chi connectivity index (χ4v) is 3.00. The number of nitrogens with one attached hydrogen (secondary N) is 1. The van der Waals surface area contributed by atoms with Crippen LogP contribution in [-0.4, -0.2) is 29.6 Å². The van der Waals surface area contributed by atoms with Crippen molar-refractivity contribution in [3.8, 4) is 0 Å². The summed E-state index contributed by atoms with van der Waals surface area (Å²) in [5.74, 6) is -0.892. The number of hydrogen-bond donors (Lipinski definition) is 3. The van der Waals surface area contributed by atoms with E-state index >= 15 is 0 Å². The summed E-state index contributed by atoms with van der Waals surface area (Å²) in [6.45, 7) is 4.12. The second kappa shape index (κ2) is 8.37. The van der Waals surface area contributed by atoms with Gasteiger partial charge < -0.3 is 16.2 Å². The van der Waals surface area contributed by atoms with Gasteiger partial charge in [-0.05, 0) is 32.6 Å². The van der Waals surface area contributed by atoms with Gasteiger partial charge in [-0.2, -0.15) is 0 Å². The molecule has 0 aromatic rings. The second-order valence-electron chi connectivity index (χ2n) is 6.67. The van der Waals surface area contributed by atoms with Crippen LogP contribution in [0.3, 0.4) is 0 Å². The van der Waals surface area contributed by atoms with Gasteiger partial charge in [0.15, 0.2) is 0 Å². The summed E-state index contributed by atoms with van der Waals surface area (Å²) in [7, 11) is 0. The third-order valence-corrected chi connectivity index (χ3v) is 4.61. The van der Waals surface area contributed by atoms with Crippen LogP contribution in [0.4, 0.5) is 0 Å². The average Bonchev–Trinajstić information content (AvgIpc) is 2.45. The van der Waals surface area contributed by atoms with Crippen molar-refractivity contribution in [2.24, 2.45) is 17.1 Å². The summed E-state index contributed by atoms with van der Waals surface area (Å²) in [6.07, 6.45) is 6.94. The Labute approximate surface area is 127 Å². The van der Waals surface area contributed by atoms with E-state index in [-0.39, 0.29) is 24.4 Å². The lowest BCUT2D eigenvalue weighted by molar-refractivity contribution is -0.151. The van der Waals surface area contributed by atoms with Crippen LogP contribution >= 0.6 is 0 Å². The minimum atomic E-state index is -0.771. The Morgan fingerprint density at radius 1 is 1.19 bits per heavy atom. The van der Waals surface area contributed by atoms with Crippen LogP contribution in [0.15, 0.2) is 0 Å². The van der Waals surface area contributed by atoms with Crippen LogP contribution in [0.2, 0.25) is 0 Å². The molecule has 0 radical (unpaired) electrons. The first-order valence-electron chi connectivity index (χ1n) is 8.14. The lowest BCUT2D eigenvalue weighted by Crippen LogP contribution is -2.45. The number of rotatable bonds is 8. The zero-order chi connectivity index (χ0) is 15.9. The van der Waals surface area contributed by atoms with Crippen LogP contribution in [0.1, 0.15) is 65.2 Å². The molecule has 1 aliphatic carbocycles. The summed E-state index contributed by atoms with van der Waals surface area (Å²) in [6, 6.07) is 0.165. The van der Waals surface area contributed by atoms with Crippen LogP contribution in [0.25, 0.3) is 0 Å². The molecule has 0 aromatic carbocycles. The molecule has 1 fully saturated rings. The van der Waals surface area contributed by atoms with E-state index in [4.69, 9.17) is 5.73 Å². The average molecular weight is 298 g/mol. The molecule has 0 spiro atoms. The Morgan fingerprint density at radius 3 is 2.33 bits per heavy atom. The summed E-state index contributed by atoms with van der Waals surface area (Å²) in [4.78, 5) is 23.6. The zero-order valence-corrected chi connectivity index (χ0v) is 13.4. The summed E-state index contributed by atoms with van der Waals surface area (Å²) in [5, 5.41) is 12.3. The van der Waals surface area contributed by atoms with Gasteiger partial charge in [0.05, 0.1) is 5.41 Å². The van der Waals surface area contributed by atoms with Gasteiger partial charge in [-0.25, -0.2) is 0 Å². The van der Waals surface area contributed by atoms with E-state index in [0.29, 0.717) is 12.8 Å². The Kier molecular flexibility index (Phi) is 7.15. The van der Waals surface area contributed by atoms with Crippen LogP contribution in [0.5, 0.6) is 0 Å². The van der Waals surface area contributed by atoms with Crippen LogP contribution in [0, 0.1) is 11.3 Å². The maximum absolute atomic E-state index is 12.1. The molecule has 0 aliphatic heterocycles. The Bertz CT molecular complexity index is 349. The minimum absolute atomic E-state index is 0.0362. The summed E-state index contributed by atoms with van der Waals surface area (Å²) >= 11 is 0. The van der Waals surface area contributed by atoms with Crippen molar-refractivity contribution in [3.63, 3.8) is 0 Å². The molecule has 1 saturated carbocycles. The molecule has 0 saturated heterocycles. The maximum Gasteiger partial charge on any atom is 0.311 e. The fraction of sp³-hybridized carbons (Fsp3) is 0.875. The van der Waals surface area contributed by atoms with Crippen LogP contribution in [-0.2, 0) is 9.59 Å². The molecule has 5 nitrogen and oxygen atoms in total. The van der Waals surface area contributed by atoms with Crippen molar-refractivity contribution in [1.29, 1.82) is 0 Å². The van der Waals surface area contributed by atoms with Gasteiger partial charge in [0.1, 0.15) is 0 Å². The largest absolute Gasteiger partial charge is 0.481 e. The molecule has 4 N–H and O–H groups in total. The number of hydrogen-bond acceptors (Lipinski definition) is 3. The van der Waals surface area contributed by atoms with E-state index in [9.17, 15) is 14.7 Å². The first kappa shape index (κ1) is 18.0. The Hall–Kier alpha value is -1.10. The second-order valence-corrected chi connectivity index (χ2v) is 6.67. The molecule has 0 heterocycles. The maximum atomic E-state index is 12.1. The van der Waals surface area contributed by atoms with E-state index < -0.39 is 11.4 Å². The number of carbonyl (C=O) groups excluding carboxylic acids is 1. The molecule has 1 aliphatic rings. The number of amides is 1. The standard InChI is InChI=1S/C16H30N2O3/c1-12(7-6-8-13(2)17)14(19)18-11-16(15(20)21)9-4-3-5-10-16/h12-13H,3-11,17H2,1-2H3,(H,18,19)(H,20,21). The predicted molar refractivity (Wildman–Crippen MR) is 82.8 cm³/mol. The number of aliphatic carboxylic acids is 1. The molecule has 2 unspecified atom stereocenters. The van der Waals surface area contributed by atoms with Crippen LogP contribution < -0.4 is 11.1 Å². The third-order valence-electron chi connectivity index (χ3n) is 4.61. The van der Waals surface area contributed by atoms with Crippen molar-refractivity contribution in [1.82, 2.24) is 5.32 Å². The number of nitrogens with two attached hydrogens (primary N) is 1. The van der Waals surface area contributed by atoms with Gasteiger partial charge in [-0.3, -0.25) is 9.59 Å². The van der Waals surface area contributed by atoms with Gasteiger partial charge in [0.2, 0.25) is 5.91 Å². The third kappa shape index (κ3) is 5.65. The molecule has 0 bridgehead atoms.